The van der Waals surface area contributed by atoms with Crippen LogP contribution in [0.25, 0.3) is 11.3 Å². The van der Waals surface area contributed by atoms with E-state index in [9.17, 15) is 4.39 Å². The van der Waals surface area contributed by atoms with Gasteiger partial charge in [-0.3, -0.25) is 0 Å². The summed E-state index contributed by atoms with van der Waals surface area (Å²) in [6.45, 7) is 0. The van der Waals surface area contributed by atoms with Crippen molar-refractivity contribution in [1.29, 1.82) is 0 Å². The molecule has 1 aromatic carbocycles. The lowest BCUT2D eigenvalue weighted by Crippen LogP contribution is -1.78. The van der Waals surface area contributed by atoms with Gasteiger partial charge in [0.1, 0.15) is 17.8 Å². The largest absolute Gasteiger partial charge is 0.451 e. The van der Waals surface area contributed by atoms with Gasteiger partial charge in [-0.1, -0.05) is 6.07 Å². The lowest BCUT2D eigenvalue weighted by Gasteiger charge is -1.92. The Balaban J connectivity index is 2.48. The van der Waals surface area contributed by atoms with Crippen LogP contribution >= 0.6 is 0 Å². The van der Waals surface area contributed by atoms with E-state index >= 15 is 0 Å². The highest BCUT2D eigenvalue weighted by atomic mass is 19.1. The molecule has 0 aliphatic carbocycles. The molecular weight excluding hydrogens is 157 g/mol. The highest BCUT2D eigenvalue weighted by Crippen LogP contribution is 2.16. The molecule has 0 amide bonds. The second kappa shape index (κ2) is 2.77. The second-order valence-electron chi connectivity index (χ2n) is 2.29. The summed E-state index contributed by atoms with van der Waals surface area (Å²) in [7, 11) is 0. The summed E-state index contributed by atoms with van der Waals surface area (Å²) in [5.41, 5.74) is 1.19. The van der Waals surface area contributed by atoms with Crippen molar-refractivity contribution in [2.75, 3.05) is 0 Å². The number of hydrogen-bond donors (Lipinski definition) is 0. The van der Waals surface area contributed by atoms with E-state index in [1.54, 1.807) is 0 Å². The van der Waals surface area contributed by atoms with Gasteiger partial charge in [-0.15, -0.1) is 0 Å². The van der Waals surface area contributed by atoms with Gasteiger partial charge < -0.3 is 4.42 Å². The molecule has 1 aromatic heterocycles. The molecule has 0 aliphatic heterocycles. The van der Waals surface area contributed by atoms with Crippen LogP contribution in [0.3, 0.4) is 0 Å². The summed E-state index contributed by atoms with van der Waals surface area (Å²) in [6.07, 6.45) is 2.75. The van der Waals surface area contributed by atoms with Crippen LogP contribution in [0.2, 0.25) is 0 Å². The Morgan fingerprint density at radius 2 is 2.42 bits per heavy atom. The molecule has 3 heteroatoms. The van der Waals surface area contributed by atoms with Gasteiger partial charge in [0.2, 0.25) is 0 Å². The van der Waals surface area contributed by atoms with Crippen molar-refractivity contribution in [1.82, 2.24) is 4.98 Å². The Morgan fingerprint density at radius 1 is 1.50 bits per heavy atom. The lowest BCUT2D eigenvalue weighted by atomic mass is 10.2. The molecule has 12 heavy (non-hydrogen) atoms. The summed E-state index contributed by atoms with van der Waals surface area (Å²) in [5.74, 6) is -0.299. The zero-order chi connectivity index (χ0) is 8.39. The molecule has 0 saturated heterocycles. The lowest BCUT2D eigenvalue weighted by molar-refractivity contribution is 0.558. The van der Waals surface area contributed by atoms with E-state index in [1.165, 1.54) is 30.9 Å². The third kappa shape index (κ3) is 1.21. The Morgan fingerprint density at radius 3 is 3.08 bits per heavy atom. The van der Waals surface area contributed by atoms with Crippen LogP contribution < -0.4 is 0 Å². The van der Waals surface area contributed by atoms with Gasteiger partial charge in [0.05, 0.1) is 0 Å². The predicted molar refractivity (Wildman–Crippen MR) is 40.7 cm³/mol. The minimum Gasteiger partial charge on any atom is -0.451 e. The maximum atomic E-state index is 12.7. The Bertz CT molecular complexity index is 370. The molecule has 0 fully saturated rings. The summed E-state index contributed by atoms with van der Waals surface area (Å²) in [5, 5.41) is 0. The normalized spacial score (nSPS) is 10.1. The third-order valence-corrected chi connectivity index (χ3v) is 1.47. The molecule has 2 aromatic rings. The zero-order valence-electron chi connectivity index (χ0n) is 6.12. The smallest absolute Gasteiger partial charge is 0.181 e. The predicted octanol–water partition coefficient (Wildman–Crippen LogP) is 2.28. The summed E-state index contributed by atoms with van der Waals surface area (Å²) in [6, 6.07) is 7.06. The highest BCUT2D eigenvalue weighted by molar-refractivity contribution is 5.56. The molecule has 0 spiro atoms. The van der Waals surface area contributed by atoms with Crippen molar-refractivity contribution in [3.05, 3.63) is 42.7 Å². The average molecular weight is 162 g/mol. The van der Waals surface area contributed by atoms with Crippen LogP contribution in [-0.4, -0.2) is 4.98 Å². The molecule has 0 saturated carbocycles. The first kappa shape index (κ1) is 7.03. The molecule has 1 radical (unpaired) electrons. The van der Waals surface area contributed by atoms with Gasteiger partial charge >= 0.3 is 0 Å². The molecule has 0 N–H and O–H groups in total. The van der Waals surface area contributed by atoms with E-state index in [0.717, 1.165) is 0 Å². The SMILES string of the molecule is Fc1cc[c]c(-c2cocn2)c1. The molecule has 0 bridgehead atoms. The van der Waals surface area contributed by atoms with Crippen LogP contribution in [0.4, 0.5) is 4.39 Å². The fourth-order valence-electron chi connectivity index (χ4n) is 0.932. The summed E-state index contributed by atoms with van der Waals surface area (Å²) >= 11 is 0. The van der Waals surface area contributed by atoms with Gasteiger partial charge in [0, 0.05) is 5.56 Å². The van der Waals surface area contributed by atoms with E-state index in [4.69, 9.17) is 4.42 Å². The topological polar surface area (TPSA) is 26.0 Å². The third-order valence-electron chi connectivity index (χ3n) is 1.47. The van der Waals surface area contributed by atoms with Gasteiger partial charge in [-0.2, -0.15) is 0 Å². The molecule has 59 valence electrons. The zero-order valence-corrected chi connectivity index (χ0v) is 6.12. The fraction of sp³-hybridized carbons (Fsp3) is 0. The number of hydrogen-bond acceptors (Lipinski definition) is 2. The van der Waals surface area contributed by atoms with Crippen LogP contribution in [0.1, 0.15) is 0 Å². The summed E-state index contributed by atoms with van der Waals surface area (Å²) < 4.78 is 17.4. The minimum atomic E-state index is -0.299. The van der Waals surface area contributed by atoms with Gasteiger partial charge in [0.25, 0.3) is 0 Å². The van der Waals surface area contributed by atoms with Crippen molar-refractivity contribution < 1.29 is 8.81 Å². The Labute approximate surface area is 68.7 Å². The fourth-order valence-corrected chi connectivity index (χ4v) is 0.932. The molecule has 1 heterocycles. The van der Waals surface area contributed by atoms with E-state index in [2.05, 4.69) is 11.1 Å². The number of halogens is 1. The number of nitrogens with zero attached hydrogens (tertiary/aromatic N) is 1. The average Bonchev–Trinajstić information content (AvgIpc) is 2.56. The van der Waals surface area contributed by atoms with Gasteiger partial charge in [-0.05, 0) is 18.2 Å². The first-order chi connectivity index (χ1) is 5.86. The number of rotatable bonds is 1. The maximum Gasteiger partial charge on any atom is 0.181 e. The first-order valence-corrected chi connectivity index (χ1v) is 3.42. The van der Waals surface area contributed by atoms with E-state index in [0.29, 0.717) is 11.3 Å². The van der Waals surface area contributed by atoms with Gasteiger partial charge in [0.15, 0.2) is 6.39 Å². The van der Waals surface area contributed by atoms with E-state index < -0.39 is 0 Å². The Hall–Kier alpha value is -1.64. The maximum absolute atomic E-state index is 12.7. The van der Waals surface area contributed by atoms with Crippen molar-refractivity contribution in [2.45, 2.75) is 0 Å². The number of oxazole rings is 1. The van der Waals surface area contributed by atoms with Crippen molar-refractivity contribution >= 4 is 0 Å². The van der Waals surface area contributed by atoms with Crippen LogP contribution in [0.15, 0.2) is 35.3 Å². The van der Waals surface area contributed by atoms with Gasteiger partial charge in [-0.25, -0.2) is 9.37 Å². The molecular formula is C9H5FNO. The number of aromatic nitrogens is 1. The van der Waals surface area contributed by atoms with E-state index in [1.807, 2.05) is 0 Å². The summed E-state index contributed by atoms with van der Waals surface area (Å²) in [4.78, 5) is 3.86. The van der Waals surface area contributed by atoms with Crippen LogP contribution in [0, 0.1) is 11.9 Å². The number of benzene rings is 1. The minimum absolute atomic E-state index is 0.299. The van der Waals surface area contributed by atoms with E-state index in [-0.39, 0.29) is 5.82 Å². The molecule has 0 unspecified atom stereocenters. The molecule has 2 rings (SSSR count). The Kier molecular flexibility index (Phi) is 1.63. The molecule has 0 atom stereocenters. The monoisotopic (exact) mass is 162 g/mol. The first-order valence-electron chi connectivity index (χ1n) is 3.42. The highest BCUT2D eigenvalue weighted by Gasteiger charge is 2.00. The van der Waals surface area contributed by atoms with Crippen LogP contribution in [-0.2, 0) is 0 Å². The van der Waals surface area contributed by atoms with Crippen LogP contribution in [0.5, 0.6) is 0 Å². The molecule has 2 nitrogen and oxygen atoms in total. The quantitative estimate of drug-likeness (QED) is 0.642. The molecule has 0 aliphatic rings. The van der Waals surface area contributed by atoms with Crippen molar-refractivity contribution in [2.24, 2.45) is 0 Å². The van der Waals surface area contributed by atoms with Crippen molar-refractivity contribution in [3.63, 3.8) is 0 Å². The standard InChI is InChI=1S/C9H5FNO/c10-8-3-1-2-7(4-8)9-5-12-6-11-9/h1,3-6H. The van der Waals surface area contributed by atoms with Crippen molar-refractivity contribution in [3.8, 4) is 11.3 Å². The second-order valence-corrected chi connectivity index (χ2v) is 2.29.